The van der Waals surface area contributed by atoms with Gasteiger partial charge in [0.25, 0.3) is 0 Å². The van der Waals surface area contributed by atoms with Crippen molar-refractivity contribution in [1.82, 2.24) is 0 Å². The van der Waals surface area contributed by atoms with E-state index in [9.17, 15) is 19.2 Å². The molecular formula is C32H46O11. The molecule has 5 rings (SSSR count). The van der Waals surface area contributed by atoms with Crippen LogP contribution in [0, 0.1) is 28.6 Å². The molecule has 3 heterocycles. The van der Waals surface area contributed by atoms with Crippen LogP contribution in [0.2, 0.25) is 0 Å². The second-order valence-corrected chi connectivity index (χ2v) is 13.5. The van der Waals surface area contributed by atoms with Crippen molar-refractivity contribution < 1.29 is 52.3 Å². The number of esters is 4. The quantitative estimate of drug-likeness (QED) is 0.203. The molecule has 11 heteroatoms. The Morgan fingerprint density at radius 2 is 1.70 bits per heavy atom. The summed E-state index contributed by atoms with van der Waals surface area (Å²) in [5.41, 5.74) is -1.63. The van der Waals surface area contributed by atoms with E-state index in [4.69, 9.17) is 33.2 Å². The smallest absolute Gasteiger partial charge is 0.309 e. The molecular weight excluding hydrogens is 560 g/mol. The average Bonchev–Trinajstić information content (AvgIpc) is 3.33. The molecule has 2 saturated carbocycles. The fraction of sp³-hybridized carbons (Fsp3) is 0.812. The minimum atomic E-state index is -0.759. The third kappa shape index (κ3) is 5.91. The summed E-state index contributed by atoms with van der Waals surface area (Å²) in [6, 6.07) is 0. The lowest BCUT2D eigenvalue weighted by Gasteiger charge is -2.64. The first kappa shape index (κ1) is 31.8. The molecule has 11 atom stereocenters. The van der Waals surface area contributed by atoms with E-state index in [1.807, 2.05) is 0 Å². The van der Waals surface area contributed by atoms with Crippen LogP contribution in [0.15, 0.2) is 12.3 Å². The summed E-state index contributed by atoms with van der Waals surface area (Å²) in [6.07, 6.45) is 5.31. The predicted octanol–water partition coefficient (Wildman–Crippen LogP) is 4.00. The van der Waals surface area contributed by atoms with Crippen LogP contribution < -0.4 is 0 Å². The highest BCUT2D eigenvalue weighted by Crippen LogP contribution is 2.70. The van der Waals surface area contributed by atoms with Crippen LogP contribution in [-0.2, 0) is 52.3 Å². The standard InChI is InChI=1S/C32H46O11/c1-18-12-26(42-22(5)34)32(17-38-27(35)13-20(3)41-28(36)14-19(2)40-21(4)33)24(8-7-10-31(32)16-39-31)30(18,6)25-15-23-9-11-37-29(23)43-25/h9,11,18-20,23-26,29H,7-8,10,12-17H2,1-6H3/t18-,19+,20+,23-,24-,25+,26+,29+,30+,31+,32+/m1/s1. The van der Waals surface area contributed by atoms with Gasteiger partial charge in [0.05, 0.1) is 37.2 Å². The monoisotopic (exact) mass is 606 g/mol. The van der Waals surface area contributed by atoms with E-state index >= 15 is 0 Å². The Bertz CT molecular complexity index is 1130. The van der Waals surface area contributed by atoms with Crippen molar-refractivity contribution in [3.05, 3.63) is 12.3 Å². The third-order valence-corrected chi connectivity index (χ3v) is 10.7. The number of ether oxygens (including phenoxy) is 7. The molecule has 43 heavy (non-hydrogen) atoms. The maximum absolute atomic E-state index is 13.2. The van der Waals surface area contributed by atoms with E-state index in [0.717, 1.165) is 25.7 Å². The summed E-state index contributed by atoms with van der Waals surface area (Å²) < 4.78 is 41.0. The Labute approximate surface area is 253 Å². The zero-order valence-electron chi connectivity index (χ0n) is 26.1. The average molecular weight is 607 g/mol. The molecule has 0 radical (unpaired) electrons. The van der Waals surface area contributed by atoms with Crippen LogP contribution in [0.3, 0.4) is 0 Å². The van der Waals surface area contributed by atoms with Crippen molar-refractivity contribution in [3.8, 4) is 0 Å². The van der Waals surface area contributed by atoms with Gasteiger partial charge in [-0.05, 0) is 57.4 Å². The number of fused-ring (bicyclic) bond motifs is 3. The number of rotatable bonds is 10. The third-order valence-electron chi connectivity index (χ3n) is 10.7. The van der Waals surface area contributed by atoms with Crippen LogP contribution in [0.25, 0.3) is 0 Å². The van der Waals surface area contributed by atoms with Crippen molar-refractivity contribution in [2.75, 3.05) is 13.2 Å². The van der Waals surface area contributed by atoms with Crippen LogP contribution in [0.5, 0.6) is 0 Å². The first-order chi connectivity index (χ1) is 20.3. The Morgan fingerprint density at radius 3 is 2.35 bits per heavy atom. The summed E-state index contributed by atoms with van der Waals surface area (Å²) >= 11 is 0. The van der Waals surface area contributed by atoms with Crippen molar-refractivity contribution in [1.29, 1.82) is 0 Å². The van der Waals surface area contributed by atoms with E-state index in [1.54, 1.807) is 20.1 Å². The van der Waals surface area contributed by atoms with E-state index in [-0.39, 0.29) is 61.0 Å². The molecule has 5 aliphatic rings. The molecule has 1 spiro atoms. The molecule has 240 valence electrons. The molecule has 0 aromatic carbocycles. The molecule has 0 unspecified atom stereocenters. The van der Waals surface area contributed by atoms with E-state index < -0.39 is 47.2 Å². The summed E-state index contributed by atoms with van der Waals surface area (Å²) in [5.74, 6) is -1.61. The predicted molar refractivity (Wildman–Crippen MR) is 150 cm³/mol. The normalized spacial score (nSPS) is 40.4. The van der Waals surface area contributed by atoms with Crippen molar-refractivity contribution in [2.24, 2.45) is 28.6 Å². The van der Waals surface area contributed by atoms with Gasteiger partial charge in [-0.3, -0.25) is 19.2 Å². The van der Waals surface area contributed by atoms with Gasteiger partial charge in [0.15, 0.2) is 0 Å². The van der Waals surface area contributed by atoms with Gasteiger partial charge in [-0.25, -0.2) is 0 Å². The number of carbonyl (C=O) groups excluding carboxylic acids is 4. The zero-order valence-corrected chi connectivity index (χ0v) is 26.1. The van der Waals surface area contributed by atoms with E-state index in [0.29, 0.717) is 13.0 Å². The summed E-state index contributed by atoms with van der Waals surface area (Å²) in [7, 11) is 0. The minimum Gasteiger partial charge on any atom is -0.472 e. The van der Waals surface area contributed by atoms with Crippen LogP contribution in [-0.4, -0.2) is 73.4 Å². The Hall–Kier alpha value is -2.66. The molecule has 3 aliphatic heterocycles. The number of carbonyl (C=O) groups is 4. The maximum Gasteiger partial charge on any atom is 0.309 e. The van der Waals surface area contributed by atoms with Crippen LogP contribution >= 0.6 is 0 Å². The number of hydrogen-bond acceptors (Lipinski definition) is 11. The molecule has 0 aromatic rings. The number of hydrogen-bond donors (Lipinski definition) is 0. The highest BCUT2D eigenvalue weighted by atomic mass is 16.7. The molecule has 2 aliphatic carbocycles. The van der Waals surface area contributed by atoms with Gasteiger partial charge in [-0.2, -0.15) is 0 Å². The van der Waals surface area contributed by atoms with Gasteiger partial charge in [-0.15, -0.1) is 0 Å². The van der Waals surface area contributed by atoms with Gasteiger partial charge in [0.1, 0.15) is 30.5 Å². The topological polar surface area (TPSA) is 136 Å². The first-order valence-electron chi connectivity index (χ1n) is 15.6. The van der Waals surface area contributed by atoms with E-state index in [1.165, 1.54) is 13.8 Å². The van der Waals surface area contributed by atoms with Gasteiger partial charge >= 0.3 is 23.9 Å². The minimum absolute atomic E-state index is 0.0111. The summed E-state index contributed by atoms with van der Waals surface area (Å²) in [6.45, 7) is 10.9. The lowest BCUT2D eigenvalue weighted by atomic mass is 9.42. The fourth-order valence-electron chi connectivity index (χ4n) is 8.60. The van der Waals surface area contributed by atoms with Gasteiger partial charge in [0, 0.05) is 25.2 Å². The second kappa shape index (κ2) is 12.0. The maximum atomic E-state index is 13.2. The molecule has 0 aromatic heterocycles. The lowest BCUT2D eigenvalue weighted by molar-refractivity contribution is -0.254. The van der Waals surface area contributed by atoms with E-state index in [2.05, 4.69) is 19.9 Å². The van der Waals surface area contributed by atoms with Gasteiger partial charge in [0.2, 0.25) is 6.29 Å². The summed E-state index contributed by atoms with van der Waals surface area (Å²) in [5, 5.41) is 0. The molecule has 0 amide bonds. The molecule has 11 nitrogen and oxygen atoms in total. The zero-order chi connectivity index (χ0) is 31.2. The van der Waals surface area contributed by atoms with Gasteiger partial charge < -0.3 is 33.2 Å². The van der Waals surface area contributed by atoms with Crippen LogP contribution in [0.1, 0.15) is 86.5 Å². The SMILES string of the molecule is CC(=O)O[C@H]1C[C@@H](C)[C@](C)([C@@H]2C[C@H]3C=CO[C@H]3O2)[C@H]2CCC[C@]3(CO3)[C@]12COC(=O)C[C@H](C)OC(=O)C[C@H](C)OC(C)=O. The van der Waals surface area contributed by atoms with Crippen molar-refractivity contribution in [3.63, 3.8) is 0 Å². The summed E-state index contributed by atoms with van der Waals surface area (Å²) in [4.78, 5) is 49.1. The lowest BCUT2D eigenvalue weighted by Crippen LogP contribution is -2.69. The molecule has 0 N–H and O–H groups in total. The molecule has 0 bridgehead atoms. The second-order valence-electron chi connectivity index (χ2n) is 13.5. The molecule has 2 saturated heterocycles. The number of epoxide rings is 1. The Balaban J connectivity index is 1.34. The fourth-order valence-corrected chi connectivity index (χ4v) is 8.60. The largest absolute Gasteiger partial charge is 0.472 e. The highest BCUT2D eigenvalue weighted by Gasteiger charge is 2.76. The van der Waals surface area contributed by atoms with Crippen molar-refractivity contribution in [2.45, 2.75) is 123 Å². The Morgan fingerprint density at radius 1 is 1.00 bits per heavy atom. The first-order valence-corrected chi connectivity index (χ1v) is 15.6. The highest BCUT2D eigenvalue weighted by molar-refractivity contribution is 5.73. The van der Waals surface area contributed by atoms with Gasteiger partial charge in [-0.1, -0.05) is 20.3 Å². The van der Waals surface area contributed by atoms with Crippen molar-refractivity contribution >= 4 is 23.9 Å². The molecule has 4 fully saturated rings. The Kier molecular flexibility index (Phi) is 8.88. The van der Waals surface area contributed by atoms with Crippen LogP contribution in [0.4, 0.5) is 0 Å².